The van der Waals surface area contributed by atoms with Gasteiger partial charge in [-0.05, 0) is 11.6 Å². The van der Waals surface area contributed by atoms with Crippen molar-refractivity contribution in [2.45, 2.75) is 13.2 Å². The number of nitrogens with two attached hydrogens (primary N) is 1. The number of anilines is 1. The summed E-state index contributed by atoms with van der Waals surface area (Å²) in [6.07, 6.45) is 1.58. The van der Waals surface area contributed by atoms with Crippen LogP contribution < -0.4 is 5.73 Å². The largest absolute Gasteiger partial charge is 0.383 e. The van der Waals surface area contributed by atoms with Crippen LogP contribution in [-0.2, 0) is 18.0 Å². The molecule has 0 saturated carbocycles. The summed E-state index contributed by atoms with van der Waals surface area (Å²) >= 11 is 0. The number of fused-ring (bicyclic) bond motifs is 3. The van der Waals surface area contributed by atoms with E-state index in [1.165, 1.54) is 0 Å². The zero-order valence-corrected chi connectivity index (χ0v) is 8.40. The molecule has 78 valence electrons. The maximum Gasteiger partial charge on any atom is 0.270 e. The molecule has 0 fully saturated rings. The van der Waals surface area contributed by atoms with E-state index < -0.39 is 0 Å². The Balaban J connectivity index is 2.41. The molecule has 2 N–H and O–H groups in total. The molecule has 3 heterocycles. The molecule has 0 aromatic carbocycles. The van der Waals surface area contributed by atoms with Crippen molar-refractivity contribution in [3.05, 3.63) is 34.8 Å². The lowest BCUT2D eigenvalue weighted by Crippen LogP contribution is -1.99. The van der Waals surface area contributed by atoms with E-state index in [2.05, 4.69) is 14.8 Å². The molecule has 3 rings (SSSR count). The molecule has 0 atom stereocenters. The van der Waals surface area contributed by atoms with Crippen LogP contribution in [0.25, 0.3) is 15.7 Å². The van der Waals surface area contributed by atoms with Gasteiger partial charge in [0.15, 0.2) is 0 Å². The number of rotatable bonds is 0. The van der Waals surface area contributed by atoms with Gasteiger partial charge in [0.05, 0.1) is 13.2 Å². The number of ether oxygens (including phenoxy) is 1. The van der Waals surface area contributed by atoms with Gasteiger partial charge in [-0.1, -0.05) is 6.57 Å². The summed E-state index contributed by atoms with van der Waals surface area (Å²) in [5.74, 6) is 0.866. The standard InChI is InChI=1S/C11H8N4O/c1-13-10-2-6-7-4-16-5-8(7)11(12)15-9(6)3-14-10/h2-3H,4-5H2,(H2,12,15). The smallest absolute Gasteiger partial charge is 0.270 e. The maximum atomic E-state index is 6.94. The molecule has 1 aliphatic heterocycles. The summed E-state index contributed by atoms with van der Waals surface area (Å²) in [7, 11) is 0. The van der Waals surface area contributed by atoms with E-state index in [1.807, 2.05) is 0 Å². The van der Waals surface area contributed by atoms with Gasteiger partial charge in [0.1, 0.15) is 17.5 Å². The summed E-state index contributed by atoms with van der Waals surface area (Å²) < 4.78 is 5.36. The van der Waals surface area contributed by atoms with Crippen LogP contribution in [0.4, 0.5) is 11.6 Å². The Labute approximate surface area is 91.7 Å². The SMILES string of the molecule is [C-]#[N+]c1cc2c3c(c(N)nc2cn1)COC3. The van der Waals surface area contributed by atoms with Gasteiger partial charge in [0, 0.05) is 10.9 Å². The number of hydrogen-bond donors (Lipinski definition) is 1. The summed E-state index contributed by atoms with van der Waals surface area (Å²) in [4.78, 5) is 11.5. The van der Waals surface area contributed by atoms with Gasteiger partial charge >= 0.3 is 0 Å². The Bertz CT molecular complexity index is 630. The molecule has 0 radical (unpaired) electrons. The second kappa shape index (κ2) is 3.15. The minimum absolute atomic E-state index is 0.369. The summed E-state index contributed by atoms with van der Waals surface area (Å²) in [6, 6.07) is 1.74. The average molecular weight is 212 g/mol. The quantitative estimate of drug-likeness (QED) is 0.676. The third-order valence-electron chi connectivity index (χ3n) is 2.72. The summed E-state index contributed by atoms with van der Waals surface area (Å²) in [5.41, 5.74) is 8.52. The fourth-order valence-corrected chi connectivity index (χ4v) is 1.92. The van der Waals surface area contributed by atoms with Crippen molar-refractivity contribution in [1.29, 1.82) is 0 Å². The van der Waals surface area contributed by atoms with E-state index >= 15 is 0 Å². The molecule has 0 amide bonds. The first-order valence-electron chi connectivity index (χ1n) is 4.82. The highest BCUT2D eigenvalue weighted by Crippen LogP contribution is 2.31. The van der Waals surface area contributed by atoms with E-state index in [9.17, 15) is 0 Å². The van der Waals surface area contributed by atoms with Crippen molar-refractivity contribution in [3.8, 4) is 0 Å². The monoisotopic (exact) mass is 212 g/mol. The average Bonchev–Trinajstić information content (AvgIpc) is 2.78. The van der Waals surface area contributed by atoms with E-state index in [1.54, 1.807) is 12.3 Å². The van der Waals surface area contributed by atoms with Crippen LogP contribution in [0.15, 0.2) is 12.3 Å². The van der Waals surface area contributed by atoms with Crippen molar-refractivity contribution >= 4 is 22.5 Å². The highest BCUT2D eigenvalue weighted by atomic mass is 16.5. The number of nitrogens with zero attached hydrogens (tertiary/aromatic N) is 3. The Morgan fingerprint density at radius 2 is 2.19 bits per heavy atom. The fraction of sp³-hybridized carbons (Fsp3) is 0.182. The molecule has 0 spiro atoms. The molecule has 16 heavy (non-hydrogen) atoms. The first kappa shape index (κ1) is 9.07. The number of aromatic nitrogens is 2. The molecular weight excluding hydrogens is 204 g/mol. The van der Waals surface area contributed by atoms with Crippen LogP contribution in [0.1, 0.15) is 11.1 Å². The Kier molecular flexibility index (Phi) is 1.79. The van der Waals surface area contributed by atoms with E-state index in [0.29, 0.717) is 30.4 Å². The first-order valence-corrected chi connectivity index (χ1v) is 4.82. The highest BCUT2D eigenvalue weighted by Gasteiger charge is 2.19. The van der Waals surface area contributed by atoms with Gasteiger partial charge in [-0.2, -0.15) is 0 Å². The molecule has 1 aliphatic rings. The van der Waals surface area contributed by atoms with Crippen molar-refractivity contribution < 1.29 is 4.74 Å². The molecule has 0 saturated heterocycles. The van der Waals surface area contributed by atoms with Crippen molar-refractivity contribution in [1.82, 2.24) is 9.97 Å². The number of hydrogen-bond acceptors (Lipinski definition) is 4. The minimum atomic E-state index is 0.369. The topological polar surface area (TPSA) is 65.4 Å². The third kappa shape index (κ3) is 1.14. The first-order chi connectivity index (χ1) is 7.79. The van der Waals surface area contributed by atoms with Crippen LogP contribution in [0.2, 0.25) is 0 Å². The zero-order chi connectivity index (χ0) is 11.1. The minimum Gasteiger partial charge on any atom is -0.383 e. The second-order valence-corrected chi connectivity index (χ2v) is 3.62. The van der Waals surface area contributed by atoms with Crippen LogP contribution in [-0.4, -0.2) is 9.97 Å². The van der Waals surface area contributed by atoms with Gasteiger partial charge in [-0.15, -0.1) is 4.98 Å². The van der Waals surface area contributed by atoms with E-state index in [0.717, 1.165) is 16.5 Å². The third-order valence-corrected chi connectivity index (χ3v) is 2.72. The second-order valence-electron chi connectivity index (χ2n) is 3.62. The van der Waals surface area contributed by atoms with Gasteiger partial charge in [0.2, 0.25) is 0 Å². The van der Waals surface area contributed by atoms with Crippen LogP contribution >= 0.6 is 0 Å². The summed E-state index contributed by atoms with van der Waals surface area (Å²) in [6.45, 7) is 7.97. The Morgan fingerprint density at radius 1 is 1.38 bits per heavy atom. The molecular formula is C11H8N4O. The number of pyridine rings is 2. The molecule has 5 heteroatoms. The lowest BCUT2D eigenvalue weighted by atomic mass is 10.1. The number of nitrogen functional groups attached to an aromatic ring is 1. The van der Waals surface area contributed by atoms with Crippen LogP contribution in [0.5, 0.6) is 0 Å². The summed E-state index contributed by atoms with van der Waals surface area (Å²) in [5, 5.41) is 0.919. The molecule has 0 bridgehead atoms. The predicted octanol–water partition coefficient (Wildman–Crippen LogP) is 1.79. The van der Waals surface area contributed by atoms with E-state index in [-0.39, 0.29) is 0 Å². The van der Waals surface area contributed by atoms with Crippen LogP contribution in [0.3, 0.4) is 0 Å². The Morgan fingerprint density at radius 3 is 3.00 bits per heavy atom. The van der Waals surface area contributed by atoms with Gasteiger partial charge in [-0.25, -0.2) is 4.98 Å². The van der Waals surface area contributed by atoms with Crippen molar-refractivity contribution in [2.75, 3.05) is 5.73 Å². The van der Waals surface area contributed by atoms with Gasteiger partial charge < -0.3 is 15.3 Å². The van der Waals surface area contributed by atoms with Gasteiger partial charge in [0.25, 0.3) is 5.82 Å². The highest BCUT2D eigenvalue weighted by molar-refractivity contribution is 5.87. The molecule has 0 aliphatic carbocycles. The normalized spacial score (nSPS) is 13.7. The van der Waals surface area contributed by atoms with Crippen LogP contribution in [0, 0.1) is 6.57 Å². The zero-order valence-electron chi connectivity index (χ0n) is 8.40. The molecule has 0 unspecified atom stereocenters. The van der Waals surface area contributed by atoms with Crippen molar-refractivity contribution in [2.24, 2.45) is 0 Å². The van der Waals surface area contributed by atoms with Crippen molar-refractivity contribution in [3.63, 3.8) is 0 Å². The van der Waals surface area contributed by atoms with Gasteiger partial charge in [-0.3, -0.25) is 0 Å². The fourth-order valence-electron chi connectivity index (χ4n) is 1.92. The Hall–Kier alpha value is -2.19. The predicted molar refractivity (Wildman–Crippen MR) is 58.7 cm³/mol. The lowest BCUT2D eigenvalue weighted by molar-refractivity contribution is 0.135. The lowest BCUT2D eigenvalue weighted by Gasteiger charge is -2.05. The molecule has 2 aromatic rings. The maximum absolute atomic E-state index is 6.94. The molecule has 5 nitrogen and oxygen atoms in total. The van der Waals surface area contributed by atoms with E-state index in [4.69, 9.17) is 17.0 Å². The molecule has 2 aromatic heterocycles.